The Hall–Kier alpha value is -0.591. The fourth-order valence-electron chi connectivity index (χ4n) is 2.47. The number of rotatable bonds is 3. The van der Waals surface area contributed by atoms with E-state index < -0.39 is 0 Å². The molecule has 0 atom stereocenters. The van der Waals surface area contributed by atoms with Crippen LogP contribution in [0.2, 0.25) is 4.31 Å². The van der Waals surface area contributed by atoms with E-state index in [0.29, 0.717) is 15.0 Å². The Morgan fingerprint density at radius 2 is 1.53 bits per heavy atom. The van der Waals surface area contributed by atoms with Crippen molar-refractivity contribution in [2.75, 3.05) is 0 Å². The van der Waals surface area contributed by atoms with Crippen molar-refractivity contribution in [1.82, 2.24) is 0 Å². The molecule has 1 aromatic rings. The summed E-state index contributed by atoms with van der Waals surface area (Å²) in [6.45, 7) is 0. The van der Waals surface area contributed by atoms with Crippen molar-refractivity contribution in [2.45, 2.75) is 49.3 Å². The van der Waals surface area contributed by atoms with E-state index in [1.165, 1.54) is 42.9 Å². The van der Waals surface area contributed by atoms with Crippen LogP contribution >= 0.6 is 0 Å². The molecule has 1 saturated carbocycles. The maximum absolute atomic E-state index is 11.6. The summed E-state index contributed by atoms with van der Waals surface area (Å²) in [5.74, 6) is 0. The summed E-state index contributed by atoms with van der Waals surface area (Å²) in [7, 11) is 0. The van der Waals surface area contributed by atoms with Gasteiger partial charge in [0, 0.05) is 0 Å². The third-order valence-corrected chi connectivity index (χ3v) is 6.46. The van der Waals surface area contributed by atoms with Crippen LogP contribution in [0.4, 0.5) is 0 Å². The SMILES string of the molecule is O=CC1([Se]c2ccccc2)CCCCCCC1. The van der Waals surface area contributed by atoms with E-state index in [4.69, 9.17) is 0 Å². The van der Waals surface area contributed by atoms with E-state index in [9.17, 15) is 4.79 Å². The van der Waals surface area contributed by atoms with E-state index in [1.54, 1.807) is 0 Å². The minimum absolute atomic E-state index is 0.0191. The molecule has 0 N–H and O–H groups in total. The molecule has 1 aliphatic carbocycles. The summed E-state index contributed by atoms with van der Waals surface area (Å²) in [5.41, 5.74) is 0. The molecule has 2 rings (SSSR count). The van der Waals surface area contributed by atoms with Gasteiger partial charge in [-0.3, -0.25) is 0 Å². The summed E-state index contributed by atoms with van der Waals surface area (Å²) in [6.07, 6.45) is 9.90. The standard InChI is InChI=1S/C15H20OSe/c16-13-15(11-7-2-1-3-8-12-15)17-14-9-5-4-6-10-14/h4-6,9-10,13H,1-3,7-8,11-12H2. The van der Waals surface area contributed by atoms with Crippen LogP contribution in [0.1, 0.15) is 44.9 Å². The van der Waals surface area contributed by atoms with Crippen LogP contribution in [-0.4, -0.2) is 21.2 Å². The predicted octanol–water partition coefficient (Wildman–Crippen LogP) is 3.12. The molecule has 92 valence electrons. The van der Waals surface area contributed by atoms with Gasteiger partial charge in [-0.25, -0.2) is 0 Å². The Morgan fingerprint density at radius 3 is 2.12 bits per heavy atom. The van der Waals surface area contributed by atoms with E-state index in [-0.39, 0.29) is 4.31 Å². The molecule has 0 radical (unpaired) electrons. The van der Waals surface area contributed by atoms with Crippen molar-refractivity contribution in [3.8, 4) is 0 Å². The summed E-state index contributed by atoms with van der Waals surface area (Å²) in [6, 6.07) is 10.6. The molecule has 0 bridgehead atoms. The second-order valence-corrected chi connectivity index (χ2v) is 7.99. The third-order valence-electron chi connectivity index (χ3n) is 3.48. The fourth-order valence-corrected chi connectivity index (χ4v) is 5.21. The topological polar surface area (TPSA) is 17.1 Å². The molecule has 2 heteroatoms. The Labute approximate surface area is 110 Å². The average Bonchev–Trinajstić information content (AvgIpc) is 2.34. The second kappa shape index (κ2) is 6.37. The van der Waals surface area contributed by atoms with Crippen molar-refractivity contribution >= 4 is 25.7 Å². The van der Waals surface area contributed by atoms with Gasteiger partial charge in [0.25, 0.3) is 0 Å². The van der Waals surface area contributed by atoms with Crippen LogP contribution in [-0.2, 0) is 4.79 Å². The number of hydrogen-bond acceptors (Lipinski definition) is 1. The van der Waals surface area contributed by atoms with Gasteiger partial charge in [-0.15, -0.1) is 0 Å². The van der Waals surface area contributed by atoms with Crippen molar-refractivity contribution in [3.05, 3.63) is 30.3 Å². The first kappa shape index (κ1) is 12.9. The van der Waals surface area contributed by atoms with Crippen LogP contribution in [0.3, 0.4) is 0 Å². The molecule has 1 nitrogen and oxygen atoms in total. The molecule has 0 amide bonds. The number of carbonyl (C=O) groups is 1. The molecule has 17 heavy (non-hydrogen) atoms. The van der Waals surface area contributed by atoms with Crippen LogP contribution < -0.4 is 4.46 Å². The van der Waals surface area contributed by atoms with Gasteiger partial charge in [-0.1, -0.05) is 0 Å². The van der Waals surface area contributed by atoms with Crippen LogP contribution in [0, 0.1) is 0 Å². The molecule has 0 aromatic heterocycles. The quantitative estimate of drug-likeness (QED) is 0.618. The monoisotopic (exact) mass is 296 g/mol. The Morgan fingerprint density at radius 1 is 0.941 bits per heavy atom. The van der Waals surface area contributed by atoms with Crippen LogP contribution in [0.25, 0.3) is 0 Å². The Balaban J connectivity index is 2.09. The third kappa shape index (κ3) is 3.69. The molecule has 1 aromatic carbocycles. The summed E-state index contributed by atoms with van der Waals surface area (Å²) in [4.78, 5) is 11.6. The number of benzene rings is 1. The van der Waals surface area contributed by atoms with Crippen molar-refractivity contribution in [3.63, 3.8) is 0 Å². The molecule has 0 saturated heterocycles. The number of aldehydes is 1. The van der Waals surface area contributed by atoms with Gasteiger partial charge in [-0.2, -0.15) is 0 Å². The summed E-state index contributed by atoms with van der Waals surface area (Å²) < 4.78 is 1.35. The molecular weight excluding hydrogens is 275 g/mol. The first-order chi connectivity index (χ1) is 8.35. The zero-order chi connectivity index (χ0) is 12.0. The van der Waals surface area contributed by atoms with E-state index >= 15 is 0 Å². The van der Waals surface area contributed by atoms with Crippen molar-refractivity contribution in [2.24, 2.45) is 0 Å². The second-order valence-electron chi connectivity index (χ2n) is 4.87. The molecule has 0 aliphatic heterocycles. The first-order valence-electron chi connectivity index (χ1n) is 6.55. The number of carbonyl (C=O) groups excluding carboxylic acids is 1. The average molecular weight is 295 g/mol. The van der Waals surface area contributed by atoms with E-state index in [0.717, 1.165) is 12.8 Å². The van der Waals surface area contributed by atoms with Crippen molar-refractivity contribution < 1.29 is 4.79 Å². The van der Waals surface area contributed by atoms with E-state index in [1.807, 2.05) is 6.07 Å². The Kier molecular flexibility index (Phi) is 4.82. The molecule has 1 aliphatic rings. The zero-order valence-corrected chi connectivity index (χ0v) is 11.9. The van der Waals surface area contributed by atoms with E-state index in [2.05, 4.69) is 24.3 Å². The fraction of sp³-hybridized carbons (Fsp3) is 0.533. The van der Waals surface area contributed by atoms with Gasteiger partial charge in [0.05, 0.1) is 0 Å². The van der Waals surface area contributed by atoms with Gasteiger partial charge in [-0.05, 0) is 0 Å². The first-order valence-corrected chi connectivity index (χ1v) is 8.26. The summed E-state index contributed by atoms with van der Waals surface area (Å²) >= 11 is 0.299. The normalized spacial score (nSPS) is 20.2. The van der Waals surface area contributed by atoms with Gasteiger partial charge in [0.1, 0.15) is 0 Å². The molecule has 0 spiro atoms. The van der Waals surface area contributed by atoms with Crippen molar-refractivity contribution in [1.29, 1.82) is 0 Å². The summed E-state index contributed by atoms with van der Waals surface area (Å²) in [5, 5.41) is 0. The van der Waals surface area contributed by atoms with Crippen LogP contribution in [0.5, 0.6) is 0 Å². The van der Waals surface area contributed by atoms with Gasteiger partial charge >= 0.3 is 110 Å². The van der Waals surface area contributed by atoms with Crippen LogP contribution in [0.15, 0.2) is 30.3 Å². The molecule has 1 fully saturated rings. The molecular formula is C15H20OSe. The zero-order valence-electron chi connectivity index (χ0n) is 10.2. The maximum atomic E-state index is 11.6. The Bertz CT molecular complexity index is 339. The molecule has 0 heterocycles. The van der Waals surface area contributed by atoms with Gasteiger partial charge in [0.15, 0.2) is 0 Å². The number of hydrogen-bond donors (Lipinski definition) is 0. The molecule has 0 unspecified atom stereocenters. The van der Waals surface area contributed by atoms with Gasteiger partial charge < -0.3 is 0 Å². The predicted molar refractivity (Wildman–Crippen MR) is 72.9 cm³/mol. The minimum atomic E-state index is -0.0191. The van der Waals surface area contributed by atoms with Gasteiger partial charge in [0.2, 0.25) is 0 Å².